The number of nitrogens with zero attached hydrogens (tertiary/aromatic N) is 2. The summed E-state index contributed by atoms with van der Waals surface area (Å²) in [6.07, 6.45) is 1.56. The van der Waals surface area contributed by atoms with Gasteiger partial charge in [-0.05, 0) is 23.6 Å². The lowest BCUT2D eigenvalue weighted by molar-refractivity contribution is -0.0171. The molecule has 2 aromatic heterocycles. The van der Waals surface area contributed by atoms with Crippen LogP contribution < -0.4 is 4.74 Å². The maximum atomic E-state index is 13.7. The lowest BCUT2D eigenvalue weighted by Gasteiger charge is -2.20. The van der Waals surface area contributed by atoms with Crippen molar-refractivity contribution < 1.29 is 13.9 Å². The predicted octanol–water partition coefficient (Wildman–Crippen LogP) is 3.99. The maximum Gasteiger partial charge on any atom is 0.189 e. The highest BCUT2D eigenvalue weighted by molar-refractivity contribution is 7.98. The monoisotopic (exact) mass is 334 g/mol. The van der Waals surface area contributed by atoms with Crippen LogP contribution in [0.25, 0.3) is 10.2 Å². The third-order valence-corrected chi connectivity index (χ3v) is 5.22. The summed E-state index contributed by atoms with van der Waals surface area (Å²) in [6.45, 7) is 0.589. The average molecular weight is 334 g/mol. The van der Waals surface area contributed by atoms with E-state index in [-0.39, 0.29) is 12.6 Å². The van der Waals surface area contributed by atoms with Gasteiger partial charge in [0, 0.05) is 22.3 Å². The number of halogens is 1. The fraction of sp³-hybridized carbons (Fsp3) is 0.200. The Labute approximate surface area is 134 Å². The zero-order chi connectivity index (χ0) is 14.9. The molecule has 0 amide bonds. The average Bonchev–Trinajstić information content (AvgIpc) is 3.01. The molecule has 22 heavy (non-hydrogen) atoms. The van der Waals surface area contributed by atoms with Crippen LogP contribution in [-0.2, 0) is 17.1 Å². The van der Waals surface area contributed by atoms with Crippen molar-refractivity contribution in [2.45, 2.75) is 17.4 Å². The number of fused-ring (bicyclic) bond motifs is 2. The second-order valence-corrected chi connectivity index (χ2v) is 6.63. The molecule has 0 bridgehead atoms. The van der Waals surface area contributed by atoms with Crippen LogP contribution in [0.3, 0.4) is 0 Å². The van der Waals surface area contributed by atoms with Crippen LogP contribution in [0.15, 0.2) is 34.9 Å². The number of hydrogen-bond acceptors (Lipinski definition) is 6. The normalized spacial score (nSPS) is 13.9. The summed E-state index contributed by atoms with van der Waals surface area (Å²) in [5.74, 6) is 1.05. The smallest absolute Gasteiger partial charge is 0.189 e. The number of aromatic nitrogens is 2. The minimum absolute atomic E-state index is 0.207. The molecule has 112 valence electrons. The Morgan fingerprint density at radius 3 is 3.23 bits per heavy atom. The summed E-state index contributed by atoms with van der Waals surface area (Å²) < 4.78 is 24.5. The molecule has 0 saturated heterocycles. The molecule has 1 aliphatic heterocycles. The molecule has 3 heterocycles. The van der Waals surface area contributed by atoms with Crippen LogP contribution in [0.1, 0.15) is 11.1 Å². The van der Waals surface area contributed by atoms with Crippen LogP contribution >= 0.6 is 23.1 Å². The highest BCUT2D eigenvalue weighted by Crippen LogP contribution is 2.35. The largest absolute Gasteiger partial charge is 0.467 e. The van der Waals surface area contributed by atoms with E-state index in [1.807, 2.05) is 11.4 Å². The molecule has 4 nitrogen and oxygen atoms in total. The predicted molar refractivity (Wildman–Crippen MR) is 83.7 cm³/mol. The van der Waals surface area contributed by atoms with Crippen LogP contribution in [-0.4, -0.2) is 16.8 Å². The van der Waals surface area contributed by atoms with Gasteiger partial charge < -0.3 is 9.47 Å². The number of benzene rings is 1. The van der Waals surface area contributed by atoms with E-state index in [4.69, 9.17) is 9.47 Å². The molecule has 0 radical (unpaired) electrons. The highest BCUT2D eigenvalue weighted by atomic mass is 32.2. The van der Waals surface area contributed by atoms with Crippen LogP contribution in [0.2, 0.25) is 0 Å². The number of thioether (sulfide) groups is 1. The van der Waals surface area contributed by atoms with Gasteiger partial charge in [-0.2, -0.15) is 0 Å². The quantitative estimate of drug-likeness (QED) is 0.535. The topological polar surface area (TPSA) is 44.2 Å². The molecule has 4 rings (SSSR count). The van der Waals surface area contributed by atoms with E-state index in [0.717, 1.165) is 32.1 Å². The minimum atomic E-state index is -0.271. The van der Waals surface area contributed by atoms with Crippen LogP contribution in [0.5, 0.6) is 5.75 Å². The lowest BCUT2D eigenvalue weighted by atomic mass is 10.1. The van der Waals surface area contributed by atoms with Crippen molar-refractivity contribution in [1.82, 2.24) is 9.97 Å². The van der Waals surface area contributed by atoms with E-state index in [1.165, 1.54) is 12.1 Å². The zero-order valence-corrected chi connectivity index (χ0v) is 13.0. The lowest BCUT2D eigenvalue weighted by Crippen LogP contribution is -2.13. The molecule has 0 N–H and O–H groups in total. The van der Waals surface area contributed by atoms with Gasteiger partial charge in [0.05, 0.1) is 6.61 Å². The highest BCUT2D eigenvalue weighted by Gasteiger charge is 2.17. The minimum Gasteiger partial charge on any atom is -0.467 e. The molecular formula is C15H11FN2O2S2. The Morgan fingerprint density at radius 2 is 2.27 bits per heavy atom. The molecule has 0 atom stereocenters. The van der Waals surface area contributed by atoms with E-state index in [9.17, 15) is 4.39 Å². The van der Waals surface area contributed by atoms with Crippen molar-refractivity contribution in [2.75, 3.05) is 6.79 Å². The Balaban J connectivity index is 1.64. The van der Waals surface area contributed by atoms with Crippen LogP contribution in [0, 0.1) is 5.82 Å². The molecular weight excluding hydrogens is 323 g/mol. The number of rotatable bonds is 3. The van der Waals surface area contributed by atoms with Crippen molar-refractivity contribution in [3.63, 3.8) is 0 Å². The van der Waals surface area contributed by atoms with Crippen molar-refractivity contribution in [2.24, 2.45) is 0 Å². The second kappa shape index (κ2) is 5.83. The molecule has 3 aromatic rings. The molecule has 0 fully saturated rings. The van der Waals surface area contributed by atoms with Gasteiger partial charge in [0.2, 0.25) is 0 Å². The van der Waals surface area contributed by atoms with Gasteiger partial charge in [-0.25, -0.2) is 14.4 Å². The molecule has 0 unspecified atom stereocenters. The molecule has 0 aliphatic carbocycles. The summed E-state index contributed by atoms with van der Waals surface area (Å²) in [6, 6.07) is 4.99. The van der Waals surface area contributed by atoms with Crippen molar-refractivity contribution in [3.8, 4) is 5.75 Å². The summed E-state index contributed by atoms with van der Waals surface area (Å²) in [5, 5.41) is 3.93. The molecule has 7 heteroatoms. The van der Waals surface area contributed by atoms with Gasteiger partial charge in [0.25, 0.3) is 0 Å². The van der Waals surface area contributed by atoms with Gasteiger partial charge in [0.1, 0.15) is 27.8 Å². The van der Waals surface area contributed by atoms with Crippen molar-refractivity contribution in [3.05, 3.63) is 46.9 Å². The maximum absolute atomic E-state index is 13.7. The fourth-order valence-electron chi connectivity index (χ4n) is 2.39. The van der Waals surface area contributed by atoms with Gasteiger partial charge >= 0.3 is 0 Å². The first-order chi connectivity index (χ1) is 10.8. The summed E-state index contributed by atoms with van der Waals surface area (Å²) in [7, 11) is 0. The van der Waals surface area contributed by atoms with Crippen molar-refractivity contribution >= 4 is 33.3 Å². The van der Waals surface area contributed by atoms with Crippen molar-refractivity contribution in [1.29, 1.82) is 0 Å². The van der Waals surface area contributed by atoms with Gasteiger partial charge in [-0.1, -0.05) is 0 Å². The molecule has 1 aromatic carbocycles. The molecule has 0 spiro atoms. The fourth-order valence-corrected chi connectivity index (χ4v) is 4.14. The van der Waals surface area contributed by atoms with Gasteiger partial charge in [-0.3, -0.25) is 0 Å². The van der Waals surface area contributed by atoms with Crippen LogP contribution in [0.4, 0.5) is 4.39 Å². The van der Waals surface area contributed by atoms with Gasteiger partial charge in [-0.15, -0.1) is 23.1 Å². The summed E-state index contributed by atoms with van der Waals surface area (Å²) >= 11 is 3.14. The first-order valence-electron chi connectivity index (χ1n) is 6.64. The summed E-state index contributed by atoms with van der Waals surface area (Å²) in [5.41, 5.74) is 1.58. The van der Waals surface area contributed by atoms with E-state index < -0.39 is 0 Å². The van der Waals surface area contributed by atoms with Gasteiger partial charge in [0.15, 0.2) is 6.79 Å². The van der Waals surface area contributed by atoms with E-state index in [2.05, 4.69) is 9.97 Å². The molecule has 0 saturated carbocycles. The number of ether oxygens (including phenoxy) is 2. The third-order valence-electron chi connectivity index (χ3n) is 3.34. The molecule has 1 aliphatic rings. The Kier molecular flexibility index (Phi) is 3.69. The van der Waals surface area contributed by atoms with E-state index in [0.29, 0.717) is 12.4 Å². The second-order valence-electron chi connectivity index (χ2n) is 4.77. The SMILES string of the molecule is Fc1cc2c(c(CSc3ncnc4sccc34)c1)OCOC2. The first-order valence-corrected chi connectivity index (χ1v) is 8.50. The Morgan fingerprint density at radius 1 is 1.32 bits per heavy atom. The zero-order valence-electron chi connectivity index (χ0n) is 11.4. The van der Waals surface area contributed by atoms with E-state index >= 15 is 0 Å². The Hall–Kier alpha value is -1.70. The number of hydrogen-bond donors (Lipinski definition) is 0. The number of thiophene rings is 1. The summed E-state index contributed by atoms with van der Waals surface area (Å²) in [4.78, 5) is 9.52. The third kappa shape index (κ3) is 2.55. The standard InChI is InChI=1S/C15H11FN2O2S2/c16-11-3-9-5-19-8-20-13(9)10(4-11)6-22-15-12-1-2-21-14(12)17-7-18-15/h1-4,7H,5-6,8H2. The Bertz CT molecular complexity index is 838. The van der Waals surface area contributed by atoms with E-state index in [1.54, 1.807) is 29.4 Å². The first kappa shape index (κ1) is 13.9.